The number of hydrogen-bond acceptors (Lipinski definition) is 3. The largest absolute Gasteiger partial charge is 0.263 e. The van der Waals surface area contributed by atoms with E-state index >= 15 is 0 Å². The summed E-state index contributed by atoms with van der Waals surface area (Å²) < 4.78 is 28.3. The van der Waals surface area contributed by atoms with Crippen molar-refractivity contribution in [3.05, 3.63) is 46.9 Å². The molecule has 0 saturated heterocycles. The van der Waals surface area contributed by atoms with E-state index in [1.807, 2.05) is 0 Å². The first-order valence-corrected chi connectivity index (χ1v) is 5.78. The van der Waals surface area contributed by atoms with Crippen molar-refractivity contribution in [3.63, 3.8) is 0 Å². The molecular formula is C12H7ClF2N4. The number of rotatable bonds is 1. The highest BCUT2D eigenvalue weighted by molar-refractivity contribution is 6.29. The maximum Gasteiger partial charge on any atom is 0.172 e. The maximum absolute atomic E-state index is 13.8. The van der Waals surface area contributed by atoms with Gasteiger partial charge >= 0.3 is 0 Å². The second-order valence-corrected chi connectivity index (χ2v) is 4.35. The predicted octanol–water partition coefficient (Wildman–Crippen LogP) is 3.03. The van der Waals surface area contributed by atoms with Gasteiger partial charge in [0.05, 0.1) is 5.56 Å². The van der Waals surface area contributed by atoms with Gasteiger partial charge in [-0.2, -0.15) is 0 Å². The van der Waals surface area contributed by atoms with Crippen LogP contribution in [0.3, 0.4) is 0 Å². The molecule has 0 radical (unpaired) electrons. The fourth-order valence-electron chi connectivity index (χ4n) is 1.90. The molecular weight excluding hydrogens is 274 g/mol. The molecule has 0 aliphatic carbocycles. The molecule has 0 atom stereocenters. The zero-order chi connectivity index (χ0) is 13.6. The molecule has 0 aliphatic rings. The van der Waals surface area contributed by atoms with Gasteiger partial charge in [0.2, 0.25) is 0 Å². The first-order chi connectivity index (χ1) is 9.06. The Kier molecular flexibility index (Phi) is 2.67. The summed E-state index contributed by atoms with van der Waals surface area (Å²) in [6, 6.07) is 4.80. The molecule has 2 heterocycles. The van der Waals surface area contributed by atoms with E-state index in [1.165, 1.54) is 12.1 Å². The minimum absolute atomic E-state index is 0.154. The monoisotopic (exact) mass is 280 g/mol. The second kappa shape index (κ2) is 4.24. The van der Waals surface area contributed by atoms with Crippen LogP contribution in [0.5, 0.6) is 0 Å². The molecule has 96 valence electrons. The van der Waals surface area contributed by atoms with Crippen molar-refractivity contribution < 1.29 is 8.78 Å². The average molecular weight is 281 g/mol. The van der Waals surface area contributed by atoms with E-state index in [4.69, 9.17) is 11.6 Å². The quantitative estimate of drug-likeness (QED) is 0.644. The van der Waals surface area contributed by atoms with Crippen LogP contribution in [0.1, 0.15) is 5.82 Å². The molecule has 3 rings (SSSR count). The number of aromatic nitrogens is 4. The third-order valence-electron chi connectivity index (χ3n) is 2.70. The minimum atomic E-state index is -0.705. The Bertz CT molecular complexity index is 785. The molecule has 0 bridgehead atoms. The summed E-state index contributed by atoms with van der Waals surface area (Å²) in [7, 11) is 0. The van der Waals surface area contributed by atoms with E-state index < -0.39 is 11.6 Å². The zero-order valence-electron chi connectivity index (χ0n) is 9.73. The van der Waals surface area contributed by atoms with Crippen molar-refractivity contribution in [2.24, 2.45) is 0 Å². The van der Waals surface area contributed by atoms with Gasteiger partial charge in [-0.1, -0.05) is 11.6 Å². The van der Waals surface area contributed by atoms with E-state index in [-0.39, 0.29) is 16.5 Å². The Morgan fingerprint density at radius 1 is 1.16 bits per heavy atom. The van der Waals surface area contributed by atoms with Gasteiger partial charge < -0.3 is 0 Å². The molecule has 0 fully saturated rings. The second-order valence-electron chi connectivity index (χ2n) is 3.97. The standard InChI is InChI=1S/C12H7ClF2N4/c1-6-16-10(13)5-11-17-18-12(19(6)11)8-3-2-7(14)4-9(8)15/h2-5H,1H3. The number of halogens is 3. The van der Waals surface area contributed by atoms with Gasteiger partial charge in [-0.05, 0) is 19.1 Å². The summed E-state index contributed by atoms with van der Waals surface area (Å²) in [5, 5.41) is 8.10. The zero-order valence-corrected chi connectivity index (χ0v) is 10.5. The van der Waals surface area contributed by atoms with Crippen LogP contribution in [0.2, 0.25) is 5.15 Å². The molecule has 3 aromatic rings. The Balaban J connectivity index is 2.31. The van der Waals surface area contributed by atoms with Gasteiger partial charge in [-0.25, -0.2) is 13.8 Å². The van der Waals surface area contributed by atoms with Gasteiger partial charge in [0.1, 0.15) is 22.6 Å². The first-order valence-electron chi connectivity index (χ1n) is 5.40. The van der Waals surface area contributed by atoms with Crippen molar-refractivity contribution in [1.29, 1.82) is 0 Å². The summed E-state index contributed by atoms with van der Waals surface area (Å²) in [5.74, 6) is -0.572. The highest BCUT2D eigenvalue weighted by atomic mass is 35.5. The van der Waals surface area contributed by atoms with E-state index in [0.29, 0.717) is 11.5 Å². The smallest absolute Gasteiger partial charge is 0.172 e. The van der Waals surface area contributed by atoms with Crippen LogP contribution >= 0.6 is 11.6 Å². The fourth-order valence-corrected chi connectivity index (χ4v) is 2.12. The fraction of sp³-hybridized carbons (Fsp3) is 0.0833. The molecule has 0 N–H and O–H groups in total. The third kappa shape index (κ3) is 1.94. The molecule has 7 heteroatoms. The highest BCUT2D eigenvalue weighted by Gasteiger charge is 2.15. The van der Waals surface area contributed by atoms with Crippen molar-refractivity contribution in [2.45, 2.75) is 6.92 Å². The van der Waals surface area contributed by atoms with Crippen molar-refractivity contribution in [2.75, 3.05) is 0 Å². The lowest BCUT2D eigenvalue weighted by molar-refractivity contribution is 0.584. The van der Waals surface area contributed by atoms with Crippen LogP contribution in [0.25, 0.3) is 17.0 Å². The van der Waals surface area contributed by atoms with Crippen LogP contribution < -0.4 is 0 Å². The number of hydrogen-bond donors (Lipinski definition) is 0. The lowest BCUT2D eigenvalue weighted by atomic mass is 10.2. The maximum atomic E-state index is 13.8. The Hall–Kier alpha value is -2.08. The van der Waals surface area contributed by atoms with E-state index in [9.17, 15) is 8.78 Å². The number of fused-ring (bicyclic) bond motifs is 1. The van der Waals surface area contributed by atoms with E-state index in [1.54, 1.807) is 11.3 Å². The third-order valence-corrected chi connectivity index (χ3v) is 2.89. The molecule has 2 aromatic heterocycles. The van der Waals surface area contributed by atoms with Crippen molar-refractivity contribution in [1.82, 2.24) is 19.6 Å². The van der Waals surface area contributed by atoms with Crippen LogP contribution in [0.4, 0.5) is 8.78 Å². The van der Waals surface area contributed by atoms with E-state index in [2.05, 4.69) is 15.2 Å². The van der Waals surface area contributed by atoms with Gasteiger partial charge in [-0.3, -0.25) is 4.40 Å². The average Bonchev–Trinajstić information content (AvgIpc) is 2.72. The van der Waals surface area contributed by atoms with Crippen LogP contribution in [0.15, 0.2) is 24.3 Å². The first kappa shape index (κ1) is 12.0. The Morgan fingerprint density at radius 2 is 1.95 bits per heavy atom. The molecule has 0 spiro atoms. The molecule has 0 amide bonds. The summed E-state index contributed by atoms with van der Waals surface area (Å²) in [5.41, 5.74) is 0.609. The molecule has 4 nitrogen and oxygen atoms in total. The number of nitrogens with zero attached hydrogens (tertiary/aromatic N) is 4. The van der Waals surface area contributed by atoms with Crippen molar-refractivity contribution >= 4 is 17.2 Å². The lowest BCUT2D eigenvalue weighted by Crippen LogP contribution is -1.99. The molecule has 0 saturated carbocycles. The molecule has 0 aliphatic heterocycles. The molecule has 0 unspecified atom stereocenters. The van der Waals surface area contributed by atoms with Gasteiger partial charge in [0, 0.05) is 12.1 Å². The predicted molar refractivity (Wildman–Crippen MR) is 65.9 cm³/mol. The lowest BCUT2D eigenvalue weighted by Gasteiger charge is -2.04. The van der Waals surface area contributed by atoms with Gasteiger partial charge in [0.25, 0.3) is 0 Å². The Labute approximate surface area is 111 Å². The summed E-state index contributed by atoms with van der Waals surface area (Å²) in [6.45, 7) is 1.70. The Morgan fingerprint density at radius 3 is 2.68 bits per heavy atom. The highest BCUT2D eigenvalue weighted by Crippen LogP contribution is 2.24. The topological polar surface area (TPSA) is 43.1 Å². The number of benzene rings is 1. The molecule has 1 aromatic carbocycles. The summed E-state index contributed by atoms with van der Waals surface area (Å²) >= 11 is 5.82. The minimum Gasteiger partial charge on any atom is -0.263 e. The normalized spacial score (nSPS) is 11.2. The van der Waals surface area contributed by atoms with Crippen LogP contribution in [0, 0.1) is 18.6 Å². The van der Waals surface area contributed by atoms with Crippen LogP contribution in [-0.2, 0) is 0 Å². The number of aryl methyl sites for hydroxylation is 1. The van der Waals surface area contributed by atoms with Gasteiger partial charge in [-0.15, -0.1) is 10.2 Å². The van der Waals surface area contributed by atoms with E-state index in [0.717, 1.165) is 12.1 Å². The van der Waals surface area contributed by atoms with Crippen LogP contribution in [-0.4, -0.2) is 19.6 Å². The molecule has 19 heavy (non-hydrogen) atoms. The summed E-state index contributed by atoms with van der Waals surface area (Å²) in [6.07, 6.45) is 0. The SMILES string of the molecule is Cc1nc(Cl)cc2nnc(-c3ccc(F)cc3F)n12. The van der Waals surface area contributed by atoms with Crippen molar-refractivity contribution in [3.8, 4) is 11.4 Å². The van der Waals surface area contributed by atoms with Gasteiger partial charge in [0.15, 0.2) is 11.5 Å². The summed E-state index contributed by atoms with van der Waals surface area (Å²) in [4.78, 5) is 4.06.